The van der Waals surface area contributed by atoms with Crippen LogP contribution in [0.4, 0.5) is 5.69 Å². The molecular formula is C13H19ClN2O. The molecular weight excluding hydrogens is 236 g/mol. The number of primary amides is 1. The van der Waals surface area contributed by atoms with Gasteiger partial charge >= 0.3 is 0 Å². The molecule has 94 valence electrons. The van der Waals surface area contributed by atoms with Gasteiger partial charge in [-0.1, -0.05) is 44.5 Å². The van der Waals surface area contributed by atoms with Crippen LogP contribution in [-0.2, 0) is 4.79 Å². The van der Waals surface area contributed by atoms with Gasteiger partial charge < -0.3 is 11.1 Å². The third-order valence-corrected chi connectivity index (χ3v) is 3.54. The molecule has 0 heterocycles. The van der Waals surface area contributed by atoms with E-state index in [-0.39, 0.29) is 11.8 Å². The van der Waals surface area contributed by atoms with Crippen molar-refractivity contribution >= 4 is 23.2 Å². The SMILES string of the molecule is CCC(Nc1ccccc1Cl)(C(N)=O)C(C)C. The first-order chi connectivity index (χ1) is 7.94. The van der Waals surface area contributed by atoms with E-state index in [9.17, 15) is 4.79 Å². The number of rotatable bonds is 5. The van der Waals surface area contributed by atoms with Gasteiger partial charge in [0, 0.05) is 0 Å². The predicted octanol–water partition coefficient (Wildman–Crippen LogP) is 3.04. The Kier molecular flexibility index (Phi) is 4.40. The van der Waals surface area contributed by atoms with Crippen LogP contribution < -0.4 is 11.1 Å². The van der Waals surface area contributed by atoms with Crippen molar-refractivity contribution in [2.24, 2.45) is 11.7 Å². The fourth-order valence-corrected chi connectivity index (χ4v) is 2.15. The quantitative estimate of drug-likeness (QED) is 0.849. The highest BCUT2D eigenvalue weighted by molar-refractivity contribution is 6.33. The number of benzene rings is 1. The summed E-state index contributed by atoms with van der Waals surface area (Å²) < 4.78 is 0. The lowest BCUT2D eigenvalue weighted by Crippen LogP contribution is -2.54. The Bertz CT molecular complexity index is 406. The third kappa shape index (κ3) is 2.72. The zero-order valence-corrected chi connectivity index (χ0v) is 11.2. The van der Waals surface area contributed by atoms with Crippen LogP contribution in [0.15, 0.2) is 24.3 Å². The van der Waals surface area contributed by atoms with Crippen LogP contribution in [0.3, 0.4) is 0 Å². The highest BCUT2D eigenvalue weighted by atomic mass is 35.5. The minimum Gasteiger partial charge on any atom is -0.370 e. The van der Waals surface area contributed by atoms with Gasteiger partial charge in [0.1, 0.15) is 5.54 Å². The molecule has 0 aliphatic carbocycles. The summed E-state index contributed by atoms with van der Waals surface area (Å²) in [6, 6.07) is 7.35. The van der Waals surface area contributed by atoms with Crippen molar-refractivity contribution in [3.05, 3.63) is 29.3 Å². The van der Waals surface area contributed by atoms with Gasteiger partial charge in [0.2, 0.25) is 5.91 Å². The highest BCUT2D eigenvalue weighted by Crippen LogP contribution is 2.30. The Balaban J connectivity index is 3.11. The molecule has 17 heavy (non-hydrogen) atoms. The summed E-state index contributed by atoms with van der Waals surface area (Å²) >= 11 is 6.08. The summed E-state index contributed by atoms with van der Waals surface area (Å²) in [4.78, 5) is 11.7. The number of amides is 1. The van der Waals surface area contributed by atoms with Crippen LogP contribution in [0.1, 0.15) is 27.2 Å². The molecule has 1 atom stereocenters. The van der Waals surface area contributed by atoms with Gasteiger partial charge in [-0.15, -0.1) is 0 Å². The number of hydrogen-bond donors (Lipinski definition) is 2. The highest BCUT2D eigenvalue weighted by Gasteiger charge is 2.38. The molecule has 0 saturated heterocycles. The first-order valence-corrected chi connectivity index (χ1v) is 6.14. The maximum absolute atomic E-state index is 11.7. The van der Waals surface area contributed by atoms with Crippen LogP contribution in [0, 0.1) is 5.92 Å². The molecule has 1 amide bonds. The van der Waals surface area contributed by atoms with E-state index in [1.54, 1.807) is 6.07 Å². The van der Waals surface area contributed by atoms with Crippen LogP contribution in [0.5, 0.6) is 0 Å². The standard InChI is InChI=1S/C13H19ClN2O/c1-4-13(9(2)3,12(15)17)16-11-8-6-5-7-10(11)14/h5-9,16H,4H2,1-3H3,(H2,15,17). The van der Waals surface area contributed by atoms with E-state index in [1.165, 1.54) is 0 Å². The molecule has 0 aliphatic rings. The first kappa shape index (κ1) is 13.8. The summed E-state index contributed by atoms with van der Waals surface area (Å²) in [6.45, 7) is 5.88. The lowest BCUT2D eigenvalue weighted by Gasteiger charge is -2.35. The summed E-state index contributed by atoms with van der Waals surface area (Å²) in [6.07, 6.45) is 0.616. The topological polar surface area (TPSA) is 55.1 Å². The van der Waals surface area contributed by atoms with Crippen molar-refractivity contribution < 1.29 is 4.79 Å². The average Bonchev–Trinajstić information content (AvgIpc) is 2.27. The van der Waals surface area contributed by atoms with E-state index in [0.29, 0.717) is 11.4 Å². The van der Waals surface area contributed by atoms with Crippen LogP contribution in [0.2, 0.25) is 5.02 Å². The Morgan fingerprint density at radius 2 is 2.06 bits per heavy atom. The Labute approximate surface area is 107 Å². The molecule has 0 fully saturated rings. The molecule has 4 heteroatoms. The summed E-state index contributed by atoms with van der Waals surface area (Å²) in [7, 11) is 0. The van der Waals surface area contributed by atoms with E-state index in [1.807, 2.05) is 39.0 Å². The Hall–Kier alpha value is -1.22. The summed E-state index contributed by atoms with van der Waals surface area (Å²) in [5.41, 5.74) is 5.52. The second-order valence-corrected chi connectivity index (χ2v) is 4.86. The van der Waals surface area contributed by atoms with E-state index in [0.717, 1.165) is 5.69 Å². The fraction of sp³-hybridized carbons (Fsp3) is 0.462. The van der Waals surface area contributed by atoms with Gasteiger partial charge in [0.05, 0.1) is 10.7 Å². The first-order valence-electron chi connectivity index (χ1n) is 5.76. The average molecular weight is 255 g/mol. The van der Waals surface area contributed by atoms with E-state index in [2.05, 4.69) is 5.32 Å². The lowest BCUT2D eigenvalue weighted by molar-refractivity contribution is -0.123. The zero-order valence-electron chi connectivity index (χ0n) is 10.5. The molecule has 0 spiro atoms. The van der Waals surface area contributed by atoms with Gasteiger partial charge in [-0.2, -0.15) is 0 Å². The molecule has 3 N–H and O–H groups in total. The van der Waals surface area contributed by atoms with Gasteiger partial charge in [-0.05, 0) is 24.5 Å². The van der Waals surface area contributed by atoms with Gasteiger partial charge in [0.25, 0.3) is 0 Å². The fourth-order valence-electron chi connectivity index (χ4n) is 1.96. The third-order valence-electron chi connectivity index (χ3n) is 3.21. The molecule has 0 saturated carbocycles. The number of carbonyl (C=O) groups is 1. The van der Waals surface area contributed by atoms with E-state index in [4.69, 9.17) is 17.3 Å². The molecule has 3 nitrogen and oxygen atoms in total. The van der Waals surface area contributed by atoms with Crippen LogP contribution in [0.25, 0.3) is 0 Å². The van der Waals surface area contributed by atoms with Gasteiger partial charge in [-0.25, -0.2) is 0 Å². The maximum atomic E-state index is 11.7. The number of para-hydroxylation sites is 1. The van der Waals surface area contributed by atoms with Crippen LogP contribution in [-0.4, -0.2) is 11.4 Å². The molecule has 0 radical (unpaired) electrons. The molecule has 0 bridgehead atoms. The van der Waals surface area contributed by atoms with E-state index >= 15 is 0 Å². The van der Waals surface area contributed by atoms with Gasteiger partial charge in [-0.3, -0.25) is 4.79 Å². The summed E-state index contributed by atoms with van der Waals surface area (Å²) in [5.74, 6) is -0.267. The molecule has 1 aromatic carbocycles. The van der Waals surface area contributed by atoms with Crippen molar-refractivity contribution in [3.8, 4) is 0 Å². The Morgan fingerprint density at radius 3 is 2.47 bits per heavy atom. The maximum Gasteiger partial charge on any atom is 0.243 e. The second kappa shape index (κ2) is 5.41. The molecule has 1 aromatic rings. The van der Waals surface area contributed by atoms with Crippen molar-refractivity contribution in [2.75, 3.05) is 5.32 Å². The zero-order chi connectivity index (χ0) is 13.1. The van der Waals surface area contributed by atoms with Crippen molar-refractivity contribution in [2.45, 2.75) is 32.7 Å². The second-order valence-electron chi connectivity index (χ2n) is 4.45. The number of halogens is 1. The lowest BCUT2D eigenvalue weighted by atomic mass is 9.83. The summed E-state index contributed by atoms with van der Waals surface area (Å²) in [5, 5.41) is 3.79. The smallest absolute Gasteiger partial charge is 0.243 e. The van der Waals surface area contributed by atoms with Crippen LogP contribution >= 0.6 is 11.6 Å². The minimum absolute atomic E-state index is 0.0845. The Morgan fingerprint density at radius 1 is 1.47 bits per heavy atom. The molecule has 0 aromatic heterocycles. The largest absolute Gasteiger partial charge is 0.370 e. The van der Waals surface area contributed by atoms with Crippen molar-refractivity contribution in [3.63, 3.8) is 0 Å². The molecule has 0 aliphatic heterocycles. The monoisotopic (exact) mass is 254 g/mol. The number of nitrogens with one attached hydrogen (secondary N) is 1. The number of nitrogens with two attached hydrogens (primary N) is 1. The molecule has 1 rings (SSSR count). The van der Waals surface area contributed by atoms with Gasteiger partial charge in [0.15, 0.2) is 0 Å². The minimum atomic E-state index is -0.759. The number of carbonyl (C=O) groups excluding carboxylic acids is 1. The molecule has 1 unspecified atom stereocenters. The van der Waals surface area contributed by atoms with E-state index < -0.39 is 5.54 Å². The predicted molar refractivity (Wildman–Crippen MR) is 72.1 cm³/mol. The van der Waals surface area contributed by atoms with Crippen molar-refractivity contribution in [1.29, 1.82) is 0 Å². The van der Waals surface area contributed by atoms with Crippen molar-refractivity contribution in [1.82, 2.24) is 0 Å². The number of anilines is 1. The normalized spacial score (nSPS) is 14.4. The number of hydrogen-bond acceptors (Lipinski definition) is 2.